The summed E-state index contributed by atoms with van der Waals surface area (Å²) in [6.45, 7) is 0. The van der Waals surface area contributed by atoms with E-state index in [-0.39, 0.29) is 17.0 Å². The van der Waals surface area contributed by atoms with Gasteiger partial charge in [-0.2, -0.15) is 4.57 Å². The average molecular weight is 375 g/mol. The van der Waals surface area contributed by atoms with Crippen molar-refractivity contribution in [1.82, 2.24) is 0 Å². The Morgan fingerprint density at radius 3 is 2.47 bits per heavy atom. The monoisotopic (exact) mass is 373 g/mol. The Morgan fingerprint density at radius 1 is 1.12 bits per heavy atom. The molecule has 2 rings (SSSR count). The minimum atomic E-state index is 0. The van der Waals surface area contributed by atoms with Crippen molar-refractivity contribution in [2.75, 3.05) is 0 Å². The highest BCUT2D eigenvalue weighted by Crippen LogP contribution is 2.20. The molecule has 0 aliphatic carbocycles. The Labute approximate surface area is 125 Å². The number of halogens is 2. The molecule has 1 aromatic carbocycles. The predicted octanol–water partition coefficient (Wildman–Crippen LogP) is 0.570. The first-order valence-corrected chi connectivity index (χ1v) is 6.85. The normalized spacial score (nSPS) is 9.76. The summed E-state index contributed by atoms with van der Waals surface area (Å²) in [6.07, 6.45) is 2.07. The van der Waals surface area contributed by atoms with Gasteiger partial charge in [0.2, 0.25) is 5.03 Å². The highest BCUT2D eigenvalue weighted by molar-refractivity contribution is 9.10. The van der Waals surface area contributed by atoms with Gasteiger partial charge in [-0.05, 0) is 23.8 Å². The standard InChI is InChI=1S/C13H13BrNS.BrH/c1-15-9-3-2-4-13(15)16-10-11-5-7-12(14)8-6-11;/h2-9H,10H2,1H3;1H/q+1;/p-1. The number of aryl methyl sites for hydroxylation is 1. The SMILES string of the molecule is C[n+]1ccccc1SCc1ccc(Br)cc1.[Br-]. The van der Waals surface area contributed by atoms with Crippen LogP contribution in [0.1, 0.15) is 5.56 Å². The molecule has 0 amide bonds. The number of hydrogen-bond donors (Lipinski definition) is 0. The van der Waals surface area contributed by atoms with Crippen molar-refractivity contribution in [2.45, 2.75) is 10.8 Å². The van der Waals surface area contributed by atoms with Crippen LogP contribution in [0, 0.1) is 0 Å². The molecular formula is C13H13Br2NS. The molecule has 90 valence electrons. The summed E-state index contributed by atoms with van der Waals surface area (Å²) >= 11 is 5.30. The molecule has 0 atom stereocenters. The number of aromatic nitrogens is 1. The molecule has 0 fully saturated rings. The van der Waals surface area contributed by atoms with E-state index in [0.717, 1.165) is 10.2 Å². The number of benzene rings is 1. The Bertz CT molecular complexity index is 471. The molecule has 0 aliphatic rings. The molecule has 0 aliphatic heterocycles. The molecule has 4 heteroatoms. The predicted molar refractivity (Wildman–Crippen MR) is 71.3 cm³/mol. The van der Waals surface area contributed by atoms with Gasteiger partial charge in [0.1, 0.15) is 7.05 Å². The zero-order valence-corrected chi connectivity index (χ0v) is 13.4. The van der Waals surface area contributed by atoms with Gasteiger partial charge in [-0.3, -0.25) is 0 Å². The molecule has 2 aromatic rings. The molecule has 0 radical (unpaired) electrons. The topological polar surface area (TPSA) is 3.88 Å². The van der Waals surface area contributed by atoms with Gasteiger partial charge in [-0.15, -0.1) is 0 Å². The van der Waals surface area contributed by atoms with E-state index >= 15 is 0 Å². The molecule has 0 saturated carbocycles. The van der Waals surface area contributed by atoms with E-state index in [9.17, 15) is 0 Å². The quantitative estimate of drug-likeness (QED) is 0.561. The fourth-order valence-corrected chi connectivity index (χ4v) is 2.61. The maximum Gasteiger partial charge on any atom is 0.240 e. The fraction of sp³-hybridized carbons (Fsp3) is 0.154. The number of hydrogen-bond acceptors (Lipinski definition) is 1. The maximum atomic E-state index is 3.44. The third-order valence-corrected chi connectivity index (χ3v) is 4.03. The van der Waals surface area contributed by atoms with E-state index in [1.807, 2.05) is 17.8 Å². The number of thioether (sulfide) groups is 1. The fourth-order valence-electron chi connectivity index (χ4n) is 1.40. The Balaban J connectivity index is 0.00000144. The lowest BCUT2D eigenvalue weighted by molar-refractivity contribution is -0.708. The lowest BCUT2D eigenvalue weighted by atomic mass is 10.2. The first-order valence-electron chi connectivity index (χ1n) is 5.07. The second-order valence-corrected chi connectivity index (χ2v) is 5.48. The molecule has 1 aromatic heterocycles. The van der Waals surface area contributed by atoms with Gasteiger partial charge in [-0.1, -0.05) is 39.8 Å². The third kappa shape index (κ3) is 4.45. The second kappa shape index (κ2) is 7.19. The first kappa shape index (κ1) is 14.7. The third-order valence-electron chi connectivity index (χ3n) is 2.31. The lowest BCUT2D eigenvalue weighted by Crippen LogP contribution is -3.00. The van der Waals surface area contributed by atoms with Crippen LogP contribution in [-0.2, 0) is 12.8 Å². The molecule has 0 N–H and O–H groups in total. The summed E-state index contributed by atoms with van der Waals surface area (Å²) in [7, 11) is 2.07. The number of pyridine rings is 1. The molecule has 1 heterocycles. The molecule has 0 spiro atoms. The van der Waals surface area contributed by atoms with Crippen LogP contribution in [0.15, 0.2) is 58.2 Å². The van der Waals surface area contributed by atoms with Crippen molar-refractivity contribution in [1.29, 1.82) is 0 Å². The molecule has 0 unspecified atom stereocenters. The average Bonchev–Trinajstić information content (AvgIpc) is 2.30. The summed E-state index contributed by atoms with van der Waals surface area (Å²) < 4.78 is 3.27. The van der Waals surface area contributed by atoms with Gasteiger partial charge in [0, 0.05) is 22.4 Å². The van der Waals surface area contributed by atoms with E-state index in [0.29, 0.717) is 0 Å². The molecule has 17 heavy (non-hydrogen) atoms. The van der Waals surface area contributed by atoms with Crippen LogP contribution < -0.4 is 21.5 Å². The lowest BCUT2D eigenvalue weighted by Gasteiger charge is -2.00. The van der Waals surface area contributed by atoms with Gasteiger partial charge in [0.25, 0.3) is 0 Å². The van der Waals surface area contributed by atoms with Crippen molar-refractivity contribution in [3.8, 4) is 0 Å². The Kier molecular flexibility index (Phi) is 6.23. The maximum absolute atomic E-state index is 3.44. The molecular weight excluding hydrogens is 362 g/mol. The summed E-state index contributed by atoms with van der Waals surface area (Å²) in [5.41, 5.74) is 1.34. The minimum Gasteiger partial charge on any atom is -1.00 e. The molecule has 1 nitrogen and oxygen atoms in total. The van der Waals surface area contributed by atoms with E-state index in [2.05, 4.69) is 70.1 Å². The van der Waals surface area contributed by atoms with Gasteiger partial charge >= 0.3 is 0 Å². The van der Waals surface area contributed by atoms with E-state index in [4.69, 9.17) is 0 Å². The van der Waals surface area contributed by atoms with Crippen LogP contribution in [0.5, 0.6) is 0 Å². The number of nitrogens with zero attached hydrogens (tertiary/aromatic N) is 1. The van der Waals surface area contributed by atoms with Crippen LogP contribution in [-0.4, -0.2) is 0 Å². The minimum absolute atomic E-state index is 0. The van der Waals surface area contributed by atoms with E-state index in [1.165, 1.54) is 10.6 Å². The number of rotatable bonds is 3. The van der Waals surface area contributed by atoms with Crippen molar-refractivity contribution in [3.05, 3.63) is 58.7 Å². The largest absolute Gasteiger partial charge is 1.00 e. The zero-order valence-electron chi connectivity index (χ0n) is 9.44. The second-order valence-electron chi connectivity index (χ2n) is 3.56. The summed E-state index contributed by atoms with van der Waals surface area (Å²) in [6, 6.07) is 14.7. The van der Waals surface area contributed by atoms with Crippen molar-refractivity contribution in [3.63, 3.8) is 0 Å². The summed E-state index contributed by atoms with van der Waals surface area (Å²) in [5.74, 6) is 1.01. The highest BCUT2D eigenvalue weighted by atomic mass is 79.9. The van der Waals surface area contributed by atoms with Gasteiger partial charge in [0.05, 0.1) is 0 Å². The summed E-state index contributed by atoms with van der Waals surface area (Å²) in [4.78, 5) is 0. The van der Waals surface area contributed by atoms with Crippen molar-refractivity contribution in [2.24, 2.45) is 7.05 Å². The zero-order chi connectivity index (χ0) is 11.4. The van der Waals surface area contributed by atoms with Crippen molar-refractivity contribution < 1.29 is 21.5 Å². The van der Waals surface area contributed by atoms with Gasteiger partial charge in [0.15, 0.2) is 6.20 Å². The van der Waals surface area contributed by atoms with Crippen LogP contribution >= 0.6 is 27.7 Å². The van der Waals surface area contributed by atoms with Crippen molar-refractivity contribution >= 4 is 27.7 Å². The molecule has 0 saturated heterocycles. The van der Waals surface area contributed by atoms with Crippen LogP contribution in [0.2, 0.25) is 0 Å². The Morgan fingerprint density at radius 2 is 1.82 bits per heavy atom. The first-order chi connectivity index (χ1) is 7.75. The summed E-state index contributed by atoms with van der Waals surface area (Å²) in [5, 5.41) is 1.28. The van der Waals surface area contributed by atoms with Gasteiger partial charge in [-0.25, -0.2) is 0 Å². The highest BCUT2D eigenvalue weighted by Gasteiger charge is 2.05. The van der Waals surface area contributed by atoms with E-state index < -0.39 is 0 Å². The van der Waals surface area contributed by atoms with Gasteiger partial charge < -0.3 is 17.0 Å². The van der Waals surface area contributed by atoms with Crippen LogP contribution in [0.3, 0.4) is 0 Å². The van der Waals surface area contributed by atoms with Crippen LogP contribution in [0.4, 0.5) is 0 Å². The Hall–Kier alpha value is -0.320. The smallest absolute Gasteiger partial charge is 0.240 e. The molecule has 0 bridgehead atoms. The van der Waals surface area contributed by atoms with E-state index in [1.54, 1.807) is 0 Å². The van der Waals surface area contributed by atoms with Crippen LogP contribution in [0.25, 0.3) is 0 Å².